The van der Waals surface area contributed by atoms with Crippen molar-refractivity contribution in [3.63, 3.8) is 0 Å². The van der Waals surface area contributed by atoms with E-state index < -0.39 is 0 Å². The SMILES string of the molecule is COc1ccc(-c2ccccc2C2=C(Cl)C(Cl)=CCC2)c2ccccc12. The first kappa shape index (κ1) is 17.2. The Morgan fingerprint density at radius 2 is 1.46 bits per heavy atom. The topological polar surface area (TPSA) is 9.23 Å². The Balaban J connectivity index is 1.98. The van der Waals surface area contributed by atoms with E-state index in [0.29, 0.717) is 10.1 Å². The van der Waals surface area contributed by atoms with Crippen molar-refractivity contribution < 1.29 is 4.74 Å². The minimum Gasteiger partial charge on any atom is -0.496 e. The van der Waals surface area contributed by atoms with E-state index in [2.05, 4.69) is 42.5 Å². The summed E-state index contributed by atoms with van der Waals surface area (Å²) in [7, 11) is 1.70. The second kappa shape index (κ2) is 7.19. The van der Waals surface area contributed by atoms with Crippen LogP contribution in [0.5, 0.6) is 5.75 Å². The molecule has 0 aromatic heterocycles. The van der Waals surface area contributed by atoms with Crippen LogP contribution in [0, 0.1) is 0 Å². The molecule has 0 amide bonds. The minimum atomic E-state index is 0.641. The molecule has 1 aliphatic carbocycles. The lowest BCUT2D eigenvalue weighted by Crippen LogP contribution is -1.97. The standard InChI is InChI=1S/C23H18Cl2O/c1-26-22-14-13-18(16-8-4-5-10-19(16)22)15-7-2-3-9-17(15)20-11-6-12-21(24)23(20)25/h2-5,7-10,12-14H,6,11H2,1H3. The van der Waals surface area contributed by atoms with Gasteiger partial charge in [0.15, 0.2) is 0 Å². The number of hydrogen-bond donors (Lipinski definition) is 0. The van der Waals surface area contributed by atoms with Gasteiger partial charge >= 0.3 is 0 Å². The van der Waals surface area contributed by atoms with Gasteiger partial charge in [-0.15, -0.1) is 0 Å². The predicted molar refractivity (Wildman–Crippen MR) is 112 cm³/mol. The zero-order chi connectivity index (χ0) is 18.1. The summed E-state index contributed by atoms with van der Waals surface area (Å²) in [6, 6.07) is 20.8. The number of rotatable bonds is 3. The summed E-state index contributed by atoms with van der Waals surface area (Å²) in [4.78, 5) is 0. The number of methoxy groups -OCH3 is 1. The van der Waals surface area contributed by atoms with Gasteiger partial charge in [0.05, 0.1) is 17.2 Å². The maximum Gasteiger partial charge on any atom is 0.126 e. The van der Waals surface area contributed by atoms with Gasteiger partial charge in [0, 0.05) is 5.39 Å². The van der Waals surface area contributed by atoms with Crippen molar-refractivity contribution in [3.05, 3.63) is 82.4 Å². The first-order chi connectivity index (χ1) is 12.7. The van der Waals surface area contributed by atoms with E-state index in [4.69, 9.17) is 27.9 Å². The Hall–Kier alpha value is -2.22. The molecule has 0 saturated heterocycles. The summed E-state index contributed by atoms with van der Waals surface area (Å²) in [6.07, 6.45) is 3.78. The van der Waals surface area contributed by atoms with Gasteiger partial charge in [0.25, 0.3) is 0 Å². The fourth-order valence-electron chi connectivity index (χ4n) is 3.61. The molecule has 0 radical (unpaired) electrons. The third-order valence-corrected chi connectivity index (χ3v) is 5.71. The van der Waals surface area contributed by atoms with Gasteiger partial charge in [-0.1, -0.05) is 83.9 Å². The number of fused-ring (bicyclic) bond motifs is 1. The number of hydrogen-bond acceptors (Lipinski definition) is 1. The van der Waals surface area contributed by atoms with Gasteiger partial charge in [-0.3, -0.25) is 0 Å². The van der Waals surface area contributed by atoms with Gasteiger partial charge in [-0.25, -0.2) is 0 Å². The van der Waals surface area contributed by atoms with Crippen molar-refractivity contribution in [2.24, 2.45) is 0 Å². The second-order valence-corrected chi connectivity index (χ2v) is 7.07. The first-order valence-electron chi connectivity index (χ1n) is 8.61. The largest absolute Gasteiger partial charge is 0.496 e. The molecule has 4 rings (SSSR count). The average molecular weight is 381 g/mol. The Morgan fingerprint density at radius 3 is 2.23 bits per heavy atom. The second-order valence-electron chi connectivity index (χ2n) is 6.29. The predicted octanol–water partition coefficient (Wildman–Crippen LogP) is 7.38. The lowest BCUT2D eigenvalue weighted by molar-refractivity contribution is 0.420. The molecule has 0 heterocycles. The molecule has 0 N–H and O–H groups in total. The molecule has 1 aliphatic rings. The third-order valence-electron chi connectivity index (χ3n) is 4.84. The Labute approximate surface area is 163 Å². The van der Waals surface area contributed by atoms with Crippen LogP contribution in [0.15, 0.2) is 76.8 Å². The van der Waals surface area contributed by atoms with E-state index >= 15 is 0 Å². The van der Waals surface area contributed by atoms with Crippen molar-refractivity contribution in [2.75, 3.05) is 7.11 Å². The summed E-state index contributed by atoms with van der Waals surface area (Å²) in [5, 5.41) is 3.56. The Kier molecular flexibility index (Phi) is 4.76. The Morgan fingerprint density at radius 1 is 0.769 bits per heavy atom. The van der Waals surface area contributed by atoms with Crippen molar-refractivity contribution >= 4 is 39.5 Å². The lowest BCUT2D eigenvalue weighted by atomic mass is 9.88. The fourth-order valence-corrected chi connectivity index (χ4v) is 4.10. The summed E-state index contributed by atoms with van der Waals surface area (Å²) in [5.41, 5.74) is 4.57. The van der Waals surface area contributed by atoms with Crippen LogP contribution in [0.1, 0.15) is 18.4 Å². The molecule has 3 aromatic carbocycles. The van der Waals surface area contributed by atoms with Crippen molar-refractivity contribution in [2.45, 2.75) is 12.8 Å². The maximum absolute atomic E-state index is 6.55. The number of ether oxygens (including phenoxy) is 1. The molecule has 0 aliphatic heterocycles. The highest BCUT2D eigenvalue weighted by Crippen LogP contribution is 2.42. The van der Waals surface area contributed by atoms with Crippen molar-refractivity contribution in [1.82, 2.24) is 0 Å². The molecule has 0 unspecified atom stereocenters. The summed E-state index contributed by atoms with van der Waals surface area (Å²) in [5.74, 6) is 0.878. The van der Waals surface area contributed by atoms with Crippen LogP contribution in [-0.2, 0) is 0 Å². The summed E-state index contributed by atoms with van der Waals surface area (Å²) in [6.45, 7) is 0. The smallest absolute Gasteiger partial charge is 0.126 e. The molecule has 3 aromatic rings. The molecular weight excluding hydrogens is 363 g/mol. The molecule has 0 atom stereocenters. The van der Waals surface area contributed by atoms with Crippen LogP contribution >= 0.6 is 23.2 Å². The van der Waals surface area contributed by atoms with Crippen LogP contribution < -0.4 is 4.74 Å². The van der Waals surface area contributed by atoms with Crippen LogP contribution in [0.2, 0.25) is 0 Å². The highest BCUT2D eigenvalue weighted by Gasteiger charge is 2.19. The van der Waals surface area contributed by atoms with E-state index in [0.717, 1.165) is 46.1 Å². The first-order valence-corrected chi connectivity index (χ1v) is 9.36. The molecule has 0 saturated carbocycles. The molecule has 130 valence electrons. The quantitative estimate of drug-likeness (QED) is 0.460. The monoisotopic (exact) mass is 380 g/mol. The zero-order valence-electron chi connectivity index (χ0n) is 14.4. The number of allylic oxidation sites excluding steroid dienone is 4. The molecule has 0 bridgehead atoms. The molecule has 0 fully saturated rings. The molecule has 1 nitrogen and oxygen atoms in total. The van der Waals surface area contributed by atoms with Crippen LogP contribution in [0.3, 0.4) is 0 Å². The summed E-state index contributed by atoms with van der Waals surface area (Å²) >= 11 is 12.9. The van der Waals surface area contributed by atoms with Gasteiger partial charge < -0.3 is 4.74 Å². The van der Waals surface area contributed by atoms with E-state index in [1.165, 1.54) is 5.56 Å². The van der Waals surface area contributed by atoms with Gasteiger partial charge in [-0.2, -0.15) is 0 Å². The van der Waals surface area contributed by atoms with Crippen molar-refractivity contribution in [1.29, 1.82) is 0 Å². The van der Waals surface area contributed by atoms with Crippen LogP contribution in [0.4, 0.5) is 0 Å². The minimum absolute atomic E-state index is 0.641. The maximum atomic E-state index is 6.55. The zero-order valence-corrected chi connectivity index (χ0v) is 15.9. The number of benzene rings is 3. The van der Waals surface area contributed by atoms with E-state index in [1.807, 2.05) is 24.3 Å². The fraction of sp³-hybridized carbons (Fsp3) is 0.130. The number of halogens is 2. The van der Waals surface area contributed by atoms with Gasteiger partial charge in [0.1, 0.15) is 5.75 Å². The van der Waals surface area contributed by atoms with Gasteiger partial charge in [0.2, 0.25) is 0 Å². The van der Waals surface area contributed by atoms with E-state index in [-0.39, 0.29) is 0 Å². The van der Waals surface area contributed by atoms with Crippen LogP contribution in [0.25, 0.3) is 27.5 Å². The molecule has 0 spiro atoms. The molecule has 26 heavy (non-hydrogen) atoms. The highest BCUT2D eigenvalue weighted by atomic mass is 35.5. The van der Waals surface area contributed by atoms with Gasteiger partial charge in [-0.05, 0) is 46.6 Å². The Bertz CT molecular complexity index is 1050. The molecular formula is C23H18Cl2O. The van der Waals surface area contributed by atoms with Crippen LogP contribution in [-0.4, -0.2) is 7.11 Å². The summed E-state index contributed by atoms with van der Waals surface area (Å²) < 4.78 is 5.54. The van der Waals surface area contributed by atoms with Crippen molar-refractivity contribution in [3.8, 4) is 16.9 Å². The lowest BCUT2D eigenvalue weighted by Gasteiger charge is -2.19. The van der Waals surface area contributed by atoms with E-state index in [9.17, 15) is 0 Å². The van der Waals surface area contributed by atoms with E-state index in [1.54, 1.807) is 7.11 Å². The normalized spacial score (nSPS) is 14.5. The molecule has 3 heteroatoms. The highest BCUT2D eigenvalue weighted by molar-refractivity contribution is 6.46. The third kappa shape index (κ3) is 2.92. The average Bonchev–Trinajstić information content (AvgIpc) is 2.69.